The van der Waals surface area contributed by atoms with Gasteiger partial charge in [-0.3, -0.25) is 4.79 Å². The number of aromatic nitrogens is 3. The molecule has 0 atom stereocenters. The van der Waals surface area contributed by atoms with Gasteiger partial charge in [-0.05, 0) is 61.8 Å². The molecule has 30 heavy (non-hydrogen) atoms. The van der Waals surface area contributed by atoms with Crippen LogP contribution in [0.2, 0.25) is 0 Å². The summed E-state index contributed by atoms with van der Waals surface area (Å²) < 4.78 is 29.5. The van der Waals surface area contributed by atoms with E-state index >= 15 is 0 Å². The lowest BCUT2D eigenvalue weighted by Gasteiger charge is -2.69. The summed E-state index contributed by atoms with van der Waals surface area (Å²) in [6, 6.07) is 6.12. The fraction of sp³-hybridized carbons (Fsp3) is 0.474. The molecule has 156 valence electrons. The van der Waals surface area contributed by atoms with Crippen LogP contribution in [0.5, 0.6) is 0 Å². The number of benzene rings is 1. The highest BCUT2D eigenvalue weighted by atomic mass is 79.9. The third kappa shape index (κ3) is 2.61. The smallest absolute Gasteiger partial charge is 0.282 e. The second-order valence-corrected chi connectivity index (χ2v) is 13.9. The molecule has 2 aromatic heterocycles. The lowest BCUT2D eigenvalue weighted by Crippen LogP contribution is -2.76. The second kappa shape index (κ2) is 5.87. The maximum atomic E-state index is 12.7. The second-order valence-electron chi connectivity index (χ2n) is 8.87. The maximum absolute atomic E-state index is 12.7. The summed E-state index contributed by atoms with van der Waals surface area (Å²) in [6.45, 7) is 0. The molecule has 7 nitrogen and oxygen atoms in total. The maximum Gasteiger partial charge on any atom is 0.282 e. The molecular weight excluding hydrogens is 508 g/mol. The lowest BCUT2D eigenvalue weighted by atomic mass is 9.39. The van der Waals surface area contributed by atoms with Crippen LogP contribution in [0.15, 0.2) is 22.7 Å². The molecule has 0 spiro atoms. The number of nitrogens with one attached hydrogen (secondary N) is 1. The number of carbonyl (C=O) groups excluding carboxylic acids is 1. The molecule has 1 amide bonds. The fourth-order valence-corrected chi connectivity index (χ4v) is 8.62. The average Bonchev–Trinajstić information content (AvgIpc) is 3.11. The van der Waals surface area contributed by atoms with E-state index in [9.17, 15) is 13.2 Å². The molecule has 0 saturated heterocycles. The summed E-state index contributed by atoms with van der Waals surface area (Å²) in [6.07, 6.45) is 4.90. The van der Waals surface area contributed by atoms with Crippen LogP contribution in [-0.4, -0.2) is 40.5 Å². The Morgan fingerprint density at radius 1 is 1.20 bits per heavy atom. The number of sulfone groups is 1. The molecule has 0 radical (unpaired) electrons. The molecule has 2 heterocycles. The van der Waals surface area contributed by atoms with E-state index < -0.39 is 14.6 Å². The van der Waals surface area contributed by atoms with Crippen molar-refractivity contribution in [2.24, 2.45) is 0 Å². The zero-order valence-electron chi connectivity index (χ0n) is 15.9. The van der Waals surface area contributed by atoms with E-state index in [4.69, 9.17) is 4.98 Å². The molecule has 4 saturated carbocycles. The van der Waals surface area contributed by atoms with Crippen molar-refractivity contribution in [2.45, 2.75) is 47.8 Å². The largest absolute Gasteiger partial charge is 0.344 e. The molecule has 1 N–H and O–H groups in total. The molecule has 4 aliphatic rings. The first-order chi connectivity index (χ1) is 14.1. The summed E-state index contributed by atoms with van der Waals surface area (Å²) in [7, 11) is -3.29. The summed E-state index contributed by atoms with van der Waals surface area (Å²) in [5.41, 5.74) is 0.891. The van der Waals surface area contributed by atoms with Gasteiger partial charge in [0.15, 0.2) is 15.7 Å². The number of rotatable bonds is 5. The van der Waals surface area contributed by atoms with Crippen LogP contribution in [0.3, 0.4) is 0 Å². The van der Waals surface area contributed by atoms with Gasteiger partial charge in [0.1, 0.15) is 9.75 Å². The van der Waals surface area contributed by atoms with Crippen molar-refractivity contribution in [3.8, 4) is 0 Å². The number of halogens is 1. The van der Waals surface area contributed by atoms with Crippen molar-refractivity contribution in [2.75, 3.05) is 6.26 Å². The van der Waals surface area contributed by atoms with Gasteiger partial charge in [0, 0.05) is 21.7 Å². The number of hydrogen-bond donors (Lipinski definition) is 1. The highest BCUT2D eigenvalue weighted by Crippen LogP contribution is 2.68. The van der Waals surface area contributed by atoms with Gasteiger partial charge in [-0.1, -0.05) is 15.9 Å². The van der Waals surface area contributed by atoms with Gasteiger partial charge >= 0.3 is 0 Å². The first-order valence-electron chi connectivity index (χ1n) is 9.57. The minimum atomic E-state index is -3.29. The zero-order chi connectivity index (χ0) is 20.9. The van der Waals surface area contributed by atoms with Crippen LogP contribution in [0.25, 0.3) is 10.2 Å². The number of fused-ring (bicyclic) bond motifs is 1. The molecule has 1 aromatic carbocycles. The van der Waals surface area contributed by atoms with Crippen molar-refractivity contribution in [1.29, 1.82) is 0 Å². The highest BCUT2D eigenvalue weighted by Gasteiger charge is 2.70. The van der Waals surface area contributed by atoms with Gasteiger partial charge < -0.3 is 5.32 Å². The Kier molecular flexibility index (Phi) is 3.77. The molecule has 7 rings (SSSR count). The Bertz CT molecular complexity index is 1320. The summed E-state index contributed by atoms with van der Waals surface area (Å²) in [4.78, 5) is 21.8. The number of hydrogen-bond acceptors (Lipinski definition) is 8. The Morgan fingerprint density at radius 2 is 1.93 bits per heavy atom. The van der Waals surface area contributed by atoms with E-state index in [0.717, 1.165) is 45.8 Å². The van der Waals surface area contributed by atoms with Gasteiger partial charge in [-0.25, -0.2) is 18.4 Å². The first-order valence-corrected chi connectivity index (χ1v) is 13.8. The van der Waals surface area contributed by atoms with Crippen LogP contribution < -0.4 is 5.32 Å². The molecule has 0 unspecified atom stereocenters. The Labute approximate surface area is 189 Å². The van der Waals surface area contributed by atoms with Crippen molar-refractivity contribution in [3.63, 3.8) is 0 Å². The summed E-state index contributed by atoms with van der Waals surface area (Å²) >= 11 is 6.22. The third-order valence-electron chi connectivity index (χ3n) is 6.65. The normalized spacial score (nSPS) is 28.6. The number of thiazole rings is 1. The summed E-state index contributed by atoms with van der Waals surface area (Å²) in [5, 5.41) is 4.51. The molecule has 4 fully saturated rings. The standard InChI is InChI=1S/C19H17BrN4O3S3/c1-30(26,27)19(4-5-19)15-22-14(29-24-15)13(25)23-18-7-17(8-18,9-18)16-21-11-3-2-10(20)6-12(11)28-16/h2-3,6H,4-5,7-9H2,1H3,(H,23,25). The van der Waals surface area contributed by atoms with Crippen molar-refractivity contribution < 1.29 is 13.2 Å². The Hall–Kier alpha value is -1.43. The van der Waals surface area contributed by atoms with Gasteiger partial charge in [0.05, 0.1) is 10.2 Å². The van der Waals surface area contributed by atoms with Gasteiger partial charge in [0.2, 0.25) is 5.01 Å². The van der Waals surface area contributed by atoms with Crippen LogP contribution in [0, 0.1) is 0 Å². The minimum Gasteiger partial charge on any atom is -0.344 e. The van der Waals surface area contributed by atoms with Gasteiger partial charge in [-0.15, -0.1) is 11.3 Å². The minimum absolute atomic E-state index is 0.0735. The van der Waals surface area contributed by atoms with E-state index in [1.807, 2.05) is 12.1 Å². The van der Waals surface area contributed by atoms with Gasteiger partial charge in [-0.2, -0.15) is 4.37 Å². The van der Waals surface area contributed by atoms with Gasteiger partial charge in [0.25, 0.3) is 5.91 Å². The number of amides is 1. The molecular formula is C19H17BrN4O3S3. The monoisotopic (exact) mass is 524 g/mol. The van der Waals surface area contributed by atoms with E-state index in [-0.39, 0.29) is 27.7 Å². The molecule has 11 heteroatoms. The van der Waals surface area contributed by atoms with Crippen LogP contribution >= 0.6 is 38.8 Å². The Morgan fingerprint density at radius 3 is 2.60 bits per heavy atom. The van der Waals surface area contributed by atoms with Crippen molar-refractivity contribution in [1.82, 2.24) is 19.7 Å². The van der Waals surface area contributed by atoms with E-state index in [2.05, 4.69) is 36.7 Å². The van der Waals surface area contributed by atoms with Crippen molar-refractivity contribution >= 4 is 64.8 Å². The fourth-order valence-electron chi connectivity index (χ4n) is 4.94. The van der Waals surface area contributed by atoms with E-state index in [1.165, 1.54) is 11.0 Å². The van der Waals surface area contributed by atoms with E-state index in [0.29, 0.717) is 12.8 Å². The number of nitrogens with zero attached hydrogens (tertiary/aromatic N) is 3. The highest BCUT2D eigenvalue weighted by molar-refractivity contribution is 9.10. The van der Waals surface area contributed by atoms with E-state index in [1.54, 1.807) is 11.3 Å². The molecule has 3 aromatic rings. The predicted molar refractivity (Wildman–Crippen MR) is 119 cm³/mol. The molecule has 4 aliphatic carbocycles. The van der Waals surface area contributed by atoms with Crippen LogP contribution in [-0.2, 0) is 20.0 Å². The first kappa shape index (κ1) is 19.3. The zero-order valence-corrected chi connectivity index (χ0v) is 20.0. The molecule has 2 bridgehead atoms. The summed E-state index contributed by atoms with van der Waals surface area (Å²) in [5.74, 6) is 0.0134. The van der Waals surface area contributed by atoms with Crippen LogP contribution in [0.1, 0.15) is 52.7 Å². The third-order valence-corrected chi connectivity index (χ3v) is 11.1. The average molecular weight is 525 g/mol. The lowest BCUT2D eigenvalue weighted by molar-refractivity contribution is -0.0807. The number of carbonyl (C=O) groups is 1. The quantitative estimate of drug-likeness (QED) is 0.547. The van der Waals surface area contributed by atoms with Crippen molar-refractivity contribution in [3.05, 3.63) is 38.5 Å². The van der Waals surface area contributed by atoms with Crippen LogP contribution in [0.4, 0.5) is 0 Å². The predicted octanol–water partition coefficient (Wildman–Crippen LogP) is 3.55. The Balaban J connectivity index is 1.16. The molecule has 0 aliphatic heterocycles. The SMILES string of the molecule is CS(=O)(=O)C1(c2nsc(C(=O)NC34CC(c5nc6ccc(Br)cc6s5)(C3)C4)n2)CC1. The topological polar surface area (TPSA) is 102 Å².